The van der Waals surface area contributed by atoms with E-state index < -0.39 is 5.91 Å². The number of rotatable bonds is 10. The number of nitrogens with zero attached hydrogens (tertiary/aromatic N) is 1. The number of amides is 1. The van der Waals surface area contributed by atoms with Gasteiger partial charge in [-0.25, -0.2) is 0 Å². The van der Waals surface area contributed by atoms with Gasteiger partial charge in [-0.05, 0) is 55.2 Å². The highest BCUT2D eigenvalue weighted by molar-refractivity contribution is 6.01. The Morgan fingerprint density at radius 1 is 0.970 bits per heavy atom. The van der Waals surface area contributed by atoms with E-state index in [1.54, 1.807) is 18.2 Å². The zero-order chi connectivity index (χ0) is 23.5. The molecule has 3 rings (SSSR count). The highest BCUT2D eigenvalue weighted by Gasteiger charge is 2.11. The number of carbonyl (C=O) groups excluding carboxylic acids is 1. The summed E-state index contributed by atoms with van der Waals surface area (Å²) in [5.41, 5.74) is 4.10. The lowest BCUT2D eigenvalue weighted by Crippen LogP contribution is -2.26. The summed E-state index contributed by atoms with van der Waals surface area (Å²) < 4.78 is 11.7. The molecule has 0 unspecified atom stereocenters. The monoisotopic (exact) mass is 440 g/mol. The van der Waals surface area contributed by atoms with Gasteiger partial charge >= 0.3 is 0 Å². The Bertz CT molecular complexity index is 1150. The second-order valence-electron chi connectivity index (χ2n) is 7.58. The molecule has 0 bridgehead atoms. The number of nitriles is 1. The minimum atomic E-state index is -0.397. The minimum Gasteiger partial charge on any atom is -0.490 e. The average molecular weight is 441 g/mol. The van der Waals surface area contributed by atoms with Crippen LogP contribution in [0.1, 0.15) is 29.2 Å². The largest absolute Gasteiger partial charge is 0.490 e. The molecule has 5 heteroatoms. The first-order valence-electron chi connectivity index (χ1n) is 11.0. The van der Waals surface area contributed by atoms with Crippen molar-refractivity contribution in [3.63, 3.8) is 0 Å². The molecule has 0 radical (unpaired) electrons. The van der Waals surface area contributed by atoms with Crippen molar-refractivity contribution in [1.82, 2.24) is 5.32 Å². The molecule has 0 saturated heterocycles. The van der Waals surface area contributed by atoms with Crippen molar-refractivity contribution in [2.24, 2.45) is 0 Å². The van der Waals surface area contributed by atoms with Gasteiger partial charge in [0.2, 0.25) is 0 Å². The van der Waals surface area contributed by atoms with Crippen LogP contribution in [0.15, 0.2) is 78.4 Å². The van der Waals surface area contributed by atoms with Crippen molar-refractivity contribution < 1.29 is 14.3 Å². The van der Waals surface area contributed by atoms with Gasteiger partial charge < -0.3 is 14.8 Å². The standard InChI is InChI=1S/C28H28N2O3/c1-3-32-27-18-23(12-13-26(27)33-20-24-11-7-8-21(2)16-24)17-25(19-29)28(31)30-15-14-22-9-5-4-6-10-22/h4-13,16-18H,3,14-15,20H2,1-2H3,(H,30,31)/b25-17+. The summed E-state index contributed by atoms with van der Waals surface area (Å²) in [5.74, 6) is 0.785. The molecule has 0 fully saturated rings. The van der Waals surface area contributed by atoms with E-state index in [2.05, 4.69) is 11.4 Å². The first-order chi connectivity index (χ1) is 16.1. The summed E-state index contributed by atoms with van der Waals surface area (Å²) in [6.45, 7) is 5.29. The fraction of sp³-hybridized carbons (Fsp3) is 0.214. The van der Waals surface area contributed by atoms with Gasteiger partial charge in [0, 0.05) is 6.54 Å². The molecule has 1 amide bonds. The molecule has 0 aliphatic carbocycles. The molecule has 0 aromatic heterocycles. The summed E-state index contributed by atoms with van der Waals surface area (Å²) >= 11 is 0. The van der Waals surface area contributed by atoms with E-state index in [1.807, 2.05) is 74.5 Å². The molecular weight excluding hydrogens is 412 g/mol. The molecule has 0 heterocycles. The number of hydrogen-bond donors (Lipinski definition) is 1. The molecule has 3 aromatic carbocycles. The quantitative estimate of drug-likeness (QED) is 0.346. The highest BCUT2D eigenvalue weighted by atomic mass is 16.5. The normalized spacial score (nSPS) is 10.9. The van der Waals surface area contributed by atoms with Crippen LogP contribution in [-0.2, 0) is 17.8 Å². The zero-order valence-electron chi connectivity index (χ0n) is 19.0. The summed E-state index contributed by atoms with van der Waals surface area (Å²) in [7, 11) is 0. The summed E-state index contributed by atoms with van der Waals surface area (Å²) in [6.07, 6.45) is 2.26. The molecule has 0 saturated carbocycles. The fourth-order valence-corrected chi connectivity index (χ4v) is 3.34. The maximum Gasteiger partial charge on any atom is 0.261 e. The minimum absolute atomic E-state index is 0.0407. The topological polar surface area (TPSA) is 71.3 Å². The van der Waals surface area contributed by atoms with Gasteiger partial charge in [-0.15, -0.1) is 0 Å². The molecule has 0 aliphatic rings. The number of carbonyl (C=O) groups is 1. The van der Waals surface area contributed by atoms with Crippen molar-refractivity contribution in [2.45, 2.75) is 26.9 Å². The van der Waals surface area contributed by atoms with Crippen LogP contribution in [-0.4, -0.2) is 19.1 Å². The SMILES string of the molecule is CCOc1cc(/C=C(\C#N)C(=O)NCCc2ccccc2)ccc1OCc1cccc(C)c1. The number of ether oxygens (including phenoxy) is 2. The summed E-state index contributed by atoms with van der Waals surface area (Å²) in [4.78, 5) is 12.5. The van der Waals surface area contributed by atoms with Gasteiger partial charge in [-0.2, -0.15) is 5.26 Å². The smallest absolute Gasteiger partial charge is 0.261 e. The summed E-state index contributed by atoms with van der Waals surface area (Å²) in [6, 6.07) is 25.4. The Morgan fingerprint density at radius 3 is 2.48 bits per heavy atom. The van der Waals surface area contributed by atoms with Crippen LogP contribution in [0, 0.1) is 18.3 Å². The highest BCUT2D eigenvalue weighted by Crippen LogP contribution is 2.30. The maximum absolute atomic E-state index is 12.5. The van der Waals surface area contributed by atoms with Crippen LogP contribution in [0.3, 0.4) is 0 Å². The van der Waals surface area contributed by atoms with Crippen LogP contribution in [0.25, 0.3) is 6.08 Å². The van der Waals surface area contributed by atoms with Crippen molar-refractivity contribution in [3.8, 4) is 17.6 Å². The number of hydrogen-bond acceptors (Lipinski definition) is 4. The van der Waals surface area contributed by atoms with E-state index in [4.69, 9.17) is 9.47 Å². The van der Waals surface area contributed by atoms with Crippen molar-refractivity contribution >= 4 is 12.0 Å². The summed E-state index contributed by atoms with van der Waals surface area (Å²) in [5, 5.41) is 12.3. The Morgan fingerprint density at radius 2 is 1.76 bits per heavy atom. The Labute approximate surface area is 195 Å². The van der Waals surface area contributed by atoms with Gasteiger partial charge in [-0.3, -0.25) is 4.79 Å². The predicted octanol–water partition coefficient (Wildman–Crippen LogP) is 5.24. The molecule has 3 aromatic rings. The lowest BCUT2D eigenvalue weighted by Gasteiger charge is -2.13. The molecule has 0 atom stereocenters. The molecule has 168 valence electrons. The third-order valence-electron chi connectivity index (χ3n) is 4.96. The van der Waals surface area contributed by atoms with Gasteiger partial charge in [0.05, 0.1) is 6.61 Å². The van der Waals surface area contributed by atoms with E-state index in [0.717, 1.165) is 11.1 Å². The van der Waals surface area contributed by atoms with Crippen molar-refractivity contribution in [2.75, 3.05) is 13.2 Å². The molecule has 5 nitrogen and oxygen atoms in total. The maximum atomic E-state index is 12.5. The van der Waals surface area contributed by atoms with Crippen LogP contribution in [0.5, 0.6) is 11.5 Å². The van der Waals surface area contributed by atoms with Crippen molar-refractivity contribution in [1.29, 1.82) is 5.26 Å². The molecule has 1 N–H and O–H groups in total. The van der Waals surface area contributed by atoms with Gasteiger partial charge in [0.15, 0.2) is 11.5 Å². The van der Waals surface area contributed by atoms with Crippen LogP contribution < -0.4 is 14.8 Å². The number of aryl methyl sites for hydroxylation is 1. The van der Waals surface area contributed by atoms with Gasteiger partial charge in [0.25, 0.3) is 5.91 Å². The predicted molar refractivity (Wildman–Crippen MR) is 130 cm³/mol. The molecule has 33 heavy (non-hydrogen) atoms. The first-order valence-corrected chi connectivity index (χ1v) is 11.0. The number of nitrogens with one attached hydrogen (secondary N) is 1. The second-order valence-corrected chi connectivity index (χ2v) is 7.58. The van der Waals surface area contributed by atoms with Gasteiger partial charge in [-0.1, -0.05) is 66.2 Å². The Kier molecular flexibility index (Phi) is 8.67. The van der Waals surface area contributed by atoms with E-state index in [1.165, 1.54) is 5.56 Å². The van der Waals surface area contributed by atoms with E-state index in [0.29, 0.717) is 43.2 Å². The van der Waals surface area contributed by atoms with Crippen LogP contribution >= 0.6 is 0 Å². The Hall–Kier alpha value is -4.04. The van der Waals surface area contributed by atoms with E-state index >= 15 is 0 Å². The lowest BCUT2D eigenvalue weighted by atomic mass is 10.1. The second kappa shape index (κ2) is 12.1. The lowest BCUT2D eigenvalue weighted by molar-refractivity contribution is -0.117. The third-order valence-corrected chi connectivity index (χ3v) is 4.96. The van der Waals surface area contributed by atoms with E-state index in [9.17, 15) is 10.1 Å². The zero-order valence-corrected chi connectivity index (χ0v) is 19.0. The molecular formula is C28H28N2O3. The van der Waals surface area contributed by atoms with E-state index in [-0.39, 0.29) is 5.57 Å². The van der Waals surface area contributed by atoms with Crippen molar-refractivity contribution in [3.05, 3.63) is 101 Å². The van der Waals surface area contributed by atoms with Crippen LogP contribution in [0.2, 0.25) is 0 Å². The van der Waals surface area contributed by atoms with Gasteiger partial charge in [0.1, 0.15) is 18.2 Å². The van der Waals surface area contributed by atoms with Crippen LogP contribution in [0.4, 0.5) is 0 Å². The third kappa shape index (κ3) is 7.26. The first kappa shape index (κ1) is 23.6. The molecule has 0 aliphatic heterocycles. The number of benzene rings is 3. The molecule has 0 spiro atoms. The fourth-order valence-electron chi connectivity index (χ4n) is 3.34. The average Bonchev–Trinajstić information content (AvgIpc) is 2.83. The Balaban J connectivity index is 1.67.